The van der Waals surface area contributed by atoms with Crippen LogP contribution < -0.4 is 4.74 Å². The second-order valence-corrected chi connectivity index (χ2v) is 6.21. The fraction of sp³-hybridized carbons (Fsp3) is 0.222. The van der Waals surface area contributed by atoms with E-state index in [-0.39, 0.29) is 11.0 Å². The number of ketones is 1. The van der Waals surface area contributed by atoms with Gasteiger partial charge in [0.15, 0.2) is 11.4 Å². The highest BCUT2D eigenvalue weighted by atomic mass is 32.2. The van der Waals surface area contributed by atoms with Gasteiger partial charge >= 0.3 is 0 Å². The van der Waals surface area contributed by atoms with Crippen molar-refractivity contribution in [1.82, 2.24) is 4.98 Å². The molecule has 1 heterocycles. The number of Topliss-reactive ketones (excluding diaryl/α,β-unsaturated/α-hetero) is 1. The Hall–Kier alpha value is -2.27. The number of carbonyl (C=O) groups is 1. The van der Waals surface area contributed by atoms with Crippen LogP contribution in [-0.4, -0.2) is 23.1 Å². The second-order valence-electron chi connectivity index (χ2n) is 5.05. The van der Waals surface area contributed by atoms with Crippen molar-refractivity contribution in [2.45, 2.75) is 23.8 Å². The molecule has 0 spiro atoms. The molecule has 1 atom stereocenters. The van der Waals surface area contributed by atoms with Gasteiger partial charge in [-0.15, -0.1) is 0 Å². The molecule has 4 nitrogen and oxygen atoms in total. The van der Waals surface area contributed by atoms with E-state index < -0.39 is 0 Å². The van der Waals surface area contributed by atoms with Crippen molar-refractivity contribution in [3.05, 3.63) is 54.1 Å². The number of fused-ring (bicyclic) bond motifs is 1. The zero-order valence-electron chi connectivity index (χ0n) is 13.0. The minimum atomic E-state index is -0.226. The molecule has 3 rings (SSSR count). The first-order valence-electron chi connectivity index (χ1n) is 7.41. The van der Waals surface area contributed by atoms with Crippen molar-refractivity contribution >= 4 is 28.6 Å². The zero-order valence-corrected chi connectivity index (χ0v) is 13.8. The molecule has 0 bridgehead atoms. The molecule has 2 aromatic carbocycles. The molecular formula is C18H17NO3S. The molecule has 3 aromatic rings. The Morgan fingerprint density at radius 3 is 2.61 bits per heavy atom. The van der Waals surface area contributed by atoms with Crippen molar-refractivity contribution in [1.29, 1.82) is 0 Å². The van der Waals surface area contributed by atoms with E-state index >= 15 is 0 Å². The normalized spacial score (nSPS) is 12.3. The first-order chi connectivity index (χ1) is 11.2. The van der Waals surface area contributed by atoms with Crippen molar-refractivity contribution in [2.75, 3.05) is 7.11 Å². The fourth-order valence-electron chi connectivity index (χ4n) is 2.29. The summed E-state index contributed by atoms with van der Waals surface area (Å²) in [6.45, 7) is 1.99. The van der Waals surface area contributed by atoms with Gasteiger partial charge in [-0.25, -0.2) is 4.98 Å². The Kier molecular flexibility index (Phi) is 4.67. The maximum absolute atomic E-state index is 12.7. The molecule has 23 heavy (non-hydrogen) atoms. The Morgan fingerprint density at radius 1 is 1.22 bits per heavy atom. The molecule has 0 amide bonds. The van der Waals surface area contributed by atoms with E-state index in [0.29, 0.717) is 17.2 Å². The predicted molar refractivity (Wildman–Crippen MR) is 91.3 cm³/mol. The van der Waals surface area contributed by atoms with Gasteiger partial charge in [0.25, 0.3) is 5.22 Å². The van der Waals surface area contributed by atoms with Crippen LogP contribution in [0.25, 0.3) is 11.1 Å². The van der Waals surface area contributed by atoms with Crippen LogP contribution in [-0.2, 0) is 0 Å². The summed E-state index contributed by atoms with van der Waals surface area (Å²) in [7, 11) is 1.61. The van der Waals surface area contributed by atoms with Crippen LogP contribution in [0.4, 0.5) is 0 Å². The van der Waals surface area contributed by atoms with Gasteiger partial charge in [-0.3, -0.25) is 4.79 Å². The minimum absolute atomic E-state index is 0.0717. The van der Waals surface area contributed by atoms with E-state index in [0.717, 1.165) is 16.8 Å². The van der Waals surface area contributed by atoms with E-state index in [1.807, 2.05) is 31.2 Å². The standard InChI is InChI=1S/C18H17NO3S/c1-3-16(17(20)12-8-10-13(21-2)11-9-12)23-18-19-14-6-4-5-7-15(14)22-18/h4-11,16H,3H2,1-2H3. The summed E-state index contributed by atoms with van der Waals surface area (Å²) >= 11 is 1.37. The van der Waals surface area contributed by atoms with Crippen LogP contribution >= 0.6 is 11.8 Å². The molecular weight excluding hydrogens is 310 g/mol. The Morgan fingerprint density at radius 2 is 1.96 bits per heavy atom. The maximum atomic E-state index is 12.7. The first-order valence-corrected chi connectivity index (χ1v) is 8.29. The molecule has 0 radical (unpaired) electrons. The number of para-hydroxylation sites is 2. The lowest BCUT2D eigenvalue weighted by Crippen LogP contribution is -2.16. The van der Waals surface area contributed by atoms with Crippen LogP contribution in [0.5, 0.6) is 5.75 Å². The summed E-state index contributed by atoms with van der Waals surface area (Å²) in [6.07, 6.45) is 0.703. The summed E-state index contributed by atoms with van der Waals surface area (Å²) < 4.78 is 10.8. The lowest BCUT2D eigenvalue weighted by molar-refractivity contribution is 0.0987. The van der Waals surface area contributed by atoms with Gasteiger partial charge in [0.05, 0.1) is 12.4 Å². The van der Waals surface area contributed by atoms with Gasteiger partial charge < -0.3 is 9.15 Å². The molecule has 0 fully saturated rings. The summed E-state index contributed by atoms with van der Waals surface area (Å²) in [6, 6.07) is 14.8. The lowest BCUT2D eigenvalue weighted by atomic mass is 10.1. The topological polar surface area (TPSA) is 52.3 Å². The third kappa shape index (κ3) is 3.40. The minimum Gasteiger partial charge on any atom is -0.497 e. The summed E-state index contributed by atoms with van der Waals surface area (Å²) in [4.78, 5) is 17.1. The van der Waals surface area contributed by atoms with E-state index in [4.69, 9.17) is 9.15 Å². The molecule has 0 saturated heterocycles. The quantitative estimate of drug-likeness (QED) is 0.489. The molecule has 5 heteroatoms. The van der Waals surface area contributed by atoms with Crippen LogP contribution in [0.2, 0.25) is 0 Å². The van der Waals surface area contributed by atoms with Gasteiger partial charge in [0.1, 0.15) is 11.3 Å². The molecule has 1 aromatic heterocycles. The van der Waals surface area contributed by atoms with Crippen LogP contribution in [0.3, 0.4) is 0 Å². The van der Waals surface area contributed by atoms with Crippen molar-refractivity contribution in [3.63, 3.8) is 0 Å². The number of ether oxygens (including phenoxy) is 1. The summed E-state index contributed by atoms with van der Waals surface area (Å²) in [5, 5.41) is 0.302. The third-order valence-corrected chi connectivity index (χ3v) is 4.76. The number of carbonyl (C=O) groups excluding carboxylic acids is 1. The molecule has 0 saturated carbocycles. The van der Waals surface area contributed by atoms with Gasteiger partial charge in [0.2, 0.25) is 0 Å². The fourth-order valence-corrected chi connectivity index (χ4v) is 3.23. The first kappa shape index (κ1) is 15.6. The molecule has 0 aliphatic heterocycles. The monoisotopic (exact) mass is 327 g/mol. The SMILES string of the molecule is CCC(Sc1nc2ccccc2o1)C(=O)c1ccc(OC)cc1. The van der Waals surface area contributed by atoms with E-state index in [2.05, 4.69) is 4.98 Å². The number of aromatic nitrogens is 1. The van der Waals surface area contributed by atoms with E-state index in [1.54, 1.807) is 31.4 Å². The number of rotatable bonds is 6. The average Bonchev–Trinajstić information content (AvgIpc) is 3.01. The Balaban J connectivity index is 1.79. The highest BCUT2D eigenvalue weighted by Crippen LogP contribution is 2.30. The van der Waals surface area contributed by atoms with Gasteiger partial charge in [-0.1, -0.05) is 30.8 Å². The largest absolute Gasteiger partial charge is 0.497 e. The van der Waals surface area contributed by atoms with Crippen molar-refractivity contribution in [2.24, 2.45) is 0 Å². The van der Waals surface area contributed by atoms with Crippen LogP contribution in [0.15, 0.2) is 58.2 Å². The Labute approximate surface area is 138 Å². The smallest absolute Gasteiger partial charge is 0.257 e. The number of thioether (sulfide) groups is 1. The molecule has 1 unspecified atom stereocenters. The number of methoxy groups -OCH3 is 1. The number of benzene rings is 2. The highest BCUT2D eigenvalue weighted by Gasteiger charge is 2.22. The number of oxazole rings is 1. The molecule has 0 aliphatic rings. The van der Waals surface area contributed by atoms with Crippen LogP contribution in [0, 0.1) is 0 Å². The van der Waals surface area contributed by atoms with E-state index in [1.165, 1.54) is 11.8 Å². The second kappa shape index (κ2) is 6.87. The number of hydrogen-bond donors (Lipinski definition) is 0. The van der Waals surface area contributed by atoms with Crippen LogP contribution in [0.1, 0.15) is 23.7 Å². The average molecular weight is 327 g/mol. The molecule has 0 N–H and O–H groups in total. The Bertz CT molecular complexity index is 778. The lowest BCUT2D eigenvalue weighted by Gasteiger charge is -2.11. The third-order valence-electron chi connectivity index (χ3n) is 3.56. The van der Waals surface area contributed by atoms with Gasteiger partial charge in [-0.05, 0) is 42.8 Å². The predicted octanol–water partition coefficient (Wildman–Crippen LogP) is 4.59. The van der Waals surface area contributed by atoms with Crippen molar-refractivity contribution < 1.29 is 13.9 Å². The highest BCUT2D eigenvalue weighted by molar-refractivity contribution is 8.00. The van der Waals surface area contributed by atoms with Gasteiger partial charge in [0, 0.05) is 5.56 Å². The summed E-state index contributed by atoms with van der Waals surface area (Å²) in [5.74, 6) is 0.809. The number of hydrogen-bond acceptors (Lipinski definition) is 5. The maximum Gasteiger partial charge on any atom is 0.257 e. The summed E-state index contributed by atoms with van der Waals surface area (Å²) in [5.41, 5.74) is 2.21. The van der Waals surface area contributed by atoms with E-state index in [9.17, 15) is 4.79 Å². The zero-order chi connectivity index (χ0) is 16.2. The molecule has 118 valence electrons. The van der Waals surface area contributed by atoms with Crippen molar-refractivity contribution in [3.8, 4) is 5.75 Å². The van der Waals surface area contributed by atoms with Gasteiger partial charge in [-0.2, -0.15) is 0 Å². The number of nitrogens with zero attached hydrogens (tertiary/aromatic N) is 1. The molecule has 0 aliphatic carbocycles.